The van der Waals surface area contributed by atoms with Gasteiger partial charge in [-0.25, -0.2) is 0 Å². The lowest BCUT2D eigenvalue weighted by atomic mass is 9.76. The third-order valence-electron chi connectivity index (χ3n) is 5.01. The molecular weight excluding hydrogens is 264 g/mol. The summed E-state index contributed by atoms with van der Waals surface area (Å²) < 4.78 is 5.47. The van der Waals surface area contributed by atoms with Crippen LogP contribution in [0.15, 0.2) is 4.52 Å². The van der Waals surface area contributed by atoms with Crippen LogP contribution >= 0.6 is 0 Å². The Bertz CT molecular complexity index is 420. The molecule has 2 rings (SSSR count). The summed E-state index contributed by atoms with van der Waals surface area (Å²) in [7, 11) is 0. The average molecular weight is 294 g/mol. The van der Waals surface area contributed by atoms with Crippen molar-refractivity contribution in [3.05, 3.63) is 11.7 Å². The minimum absolute atomic E-state index is 0.397. The number of likely N-dealkylation sites (N-methyl/N-ethyl adjacent to an activating group) is 1. The SMILES string of the molecule is CCC1CCC(N)(c2nc(CCN(CC)CC)no2)CC1. The predicted octanol–water partition coefficient (Wildman–Crippen LogP) is 2.71. The second kappa shape index (κ2) is 7.36. The average Bonchev–Trinajstić information content (AvgIpc) is 2.99. The molecule has 0 unspecified atom stereocenters. The summed E-state index contributed by atoms with van der Waals surface area (Å²) in [6.45, 7) is 9.69. The van der Waals surface area contributed by atoms with Crippen LogP contribution in [-0.4, -0.2) is 34.7 Å². The molecule has 0 aromatic carbocycles. The van der Waals surface area contributed by atoms with E-state index in [1.54, 1.807) is 0 Å². The first kappa shape index (κ1) is 16.4. The van der Waals surface area contributed by atoms with Gasteiger partial charge in [0.2, 0.25) is 5.89 Å². The van der Waals surface area contributed by atoms with E-state index in [4.69, 9.17) is 10.3 Å². The Morgan fingerprint density at radius 3 is 2.48 bits per heavy atom. The molecule has 0 saturated heterocycles. The van der Waals surface area contributed by atoms with E-state index in [0.29, 0.717) is 5.89 Å². The van der Waals surface area contributed by atoms with Crippen molar-refractivity contribution in [1.82, 2.24) is 15.0 Å². The molecule has 0 amide bonds. The third kappa shape index (κ3) is 4.04. The quantitative estimate of drug-likeness (QED) is 0.837. The highest BCUT2D eigenvalue weighted by atomic mass is 16.5. The summed E-state index contributed by atoms with van der Waals surface area (Å²) in [5.41, 5.74) is 6.12. The predicted molar refractivity (Wildman–Crippen MR) is 83.9 cm³/mol. The zero-order valence-corrected chi connectivity index (χ0v) is 13.8. The maximum atomic E-state index is 6.51. The lowest BCUT2D eigenvalue weighted by Gasteiger charge is -2.33. The molecule has 120 valence electrons. The van der Waals surface area contributed by atoms with Crippen molar-refractivity contribution < 1.29 is 4.52 Å². The first-order valence-electron chi connectivity index (χ1n) is 8.45. The maximum absolute atomic E-state index is 6.51. The van der Waals surface area contributed by atoms with E-state index in [-0.39, 0.29) is 0 Å². The van der Waals surface area contributed by atoms with E-state index in [0.717, 1.165) is 50.6 Å². The summed E-state index contributed by atoms with van der Waals surface area (Å²) in [4.78, 5) is 6.93. The highest BCUT2D eigenvalue weighted by molar-refractivity contribution is 5.04. The summed E-state index contributed by atoms with van der Waals surface area (Å²) in [5, 5.41) is 4.12. The van der Waals surface area contributed by atoms with Gasteiger partial charge in [0.15, 0.2) is 5.82 Å². The fourth-order valence-electron chi connectivity index (χ4n) is 3.17. The van der Waals surface area contributed by atoms with Crippen molar-refractivity contribution in [1.29, 1.82) is 0 Å². The van der Waals surface area contributed by atoms with Crippen LogP contribution in [0.3, 0.4) is 0 Å². The molecule has 0 spiro atoms. The van der Waals surface area contributed by atoms with Crippen molar-refractivity contribution in [2.24, 2.45) is 11.7 Å². The summed E-state index contributed by atoms with van der Waals surface area (Å²) >= 11 is 0. The van der Waals surface area contributed by atoms with Gasteiger partial charge in [-0.15, -0.1) is 0 Å². The van der Waals surface area contributed by atoms with Gasteiger partial charge in [-0.3, -0.25) is 0 Å². The van der Waals surface area contributed by atoms with Crippen molar-refractivity contribution >= 4 is 0 Å². The van der Waals surface area contributed by atoms with E-state index < -0.39 is 5.54 Å². The van der Waals surface area contributed by atoms with Gasteiger partial charge < -0.3 is 15.2 Å². The van der Waals surface area contributed by atoms with Crippen LogP contribution in [0, 0.1) is 5.92 Å². The van der Waals surface area contributed by atoms with Gasteiger partial charge in [0, 0.05) is 13.0 Å². The molecule has 1 aliphatic rings. The van der Waals surface area contributed by atoms with Crippen LogP contribution in [-0.2, 0) is 12.0 Å². The Hall–Kier alpha value is -0.940. The molecule has 1 aliphatic carbocycles. The first-order valence-corrected chi connectivity index (χ1v) is 8.45. The molecule has 1 aromatic rings. The minimum atomic E-state index is -0.397. The largest absolute Gasteiger partial charge is 0.337 e. The minimum Gasteiger partial charge on any atom is -0.337 e. The maximum Gasteiger partial charge on any atom is 0.246 e. The fourth-order valence-corrected chi connectivity index (χ4v) is 3.17. The van der Waals surface area contributed by atoms with Crippen LogP contribution in [0.4, 0.5) is 0 Å². The standard InChI is InChI=1S/C16H30N4O/c1-4-13-7-10-16(17,11-8-13)15-18-14(19-21-15)9-12-20(5-2)6-3/h13H,4-12,17H2,1-3H3. The molecule has 21 heavy (non-hydrogen) atoms. The van der Waals surface area contributed by atoms with Crippen molar-refractivity contribution in [3.8, 4) is 0 Å². The number of hydrogen-bond donors (Lipinski definition) is 1. The summed E-state index contributed by atoms with van der Waals surface area (Å²) in [6, 6.07) is 0. The number of hydrogen-bond acceptors (Lipinski definition) is 5. The Morgan fingerprint density at radius 2 is 1.90 bits per heavy atom. The molecule has 1 aromatic heterocycles. The van der Waals surface area contributed by atoms with E-state index in [9.17, 15) is 0 Å². The Balaban J connectivity index is 1.93. The Kier molecular flexibility index (Phi) is 5.76. The first-order chi connectivity index (χ1) is 10.1. The molecule has 1 heterocycles. The van der Waals surface area contributed by atoms with Gasteiger partial charge >= 0.3 is 0 Å². The van der Waals surface area contributed by atoms with Gasteiger partial charge in [0.25, 0.3) is 0 Å². The molecule has 0 bridgehead atoms. The number of nitrogens with zero attached hydrogens (tertiary/aromatic N) is 3. The molecule has 0 atom stereocenters. The molecular formula is C16H30N4O. The topological polar surface area (TPSA) is 68.2 Å². The van der Waals surface area contributed by atoms with Crippen molar-refractivity contribution in [3.63, 3.8) is 0 Å². The van der Waals surface area contributed by atoms with E-state index >= 15 is 0 Å². The van der Waals surface area contributed by atoms with Gasteiger partial charge in [-0.05, 0) is 44.7 Å². The van der Waals surface area contributed by atoms with Crippen LogP contribution < -0.4 is 5.73 Å². The lowest BCUT2D eigenvalue weighted by Crippen LogP contribution is -2.40. The van der Waals surface area contributed by atoms with E-state index in [1.807, 2.05) is 0 Å². The van der Waals surface area contributed by atoms with Crippen LogP contribution in [0.5, 0.6) is 0 Å². The van der Waals surface area contributed by atoms with Gasteiger partial charge in [0.05, 0.1) is 5.54 Å². The Labute approximate surface area is 128 Å². The Morgan fingerprint density at radius 1 is 1.24 bits per heavy atom. The molecule has 1 fully saturated rings. The molecule has 2 N–H and O–H groups in total. The van der Waals surface area contributed by atoms with Gasteiger partial charge in [-0.1, -0.05) is 32.3 Å². The zero-order valence-electron chi connectivity index (χ0n) is 13.8. The van der Waals surface area contributed by atoms with Crippen LogP contribution in [0.25, 0.3) is 0 Å². The highest BCUT2D eigenvalue weighted by Gasteiger charge is 2.37. The van der Waals surface area contributed by atoms with Crippen molar-refractivity contribution in [2.75, 3.05) is 19.6 Å². The molecule has 0 radical (unpaired) electrons. The molecule has 1 saturated carbocycles. The third-order valence-corrected chi connectivity index (χ3v) is 5.01. The van der Waals surface area contributed by atoms with Crippen LogP contribution in [0.1, 0.15) is 64.6 Å². The molecule has 0 aliphatic heterocycles. The van der Waals surface area contributed by atoms with Crippen molar-refractivity contribution in [2.45, 2.75) is 64.8 Å². The second-order valence-corrected chi connectivity index (χ2v) is 6.30. The lowest BCUT2D eigenvalue weighted by molar-refractivity contribution is 0.181. The van der Waals surface area contributed by atoms with E-state index in [1.165, 1.54) is 19.3 Å². The van der Waals surface area contributed by atoms with Gasteiger partial charge in [0.1, 0.15) is 0 Å². The summed E-state index contributed by atoms with van der Waals surface area (Å²) in [5.74, 6) is 2.25. The molecule has 5 nitrogen and oxygen atoms in total. The van der Waals surface area contributed by atoms with Crippen LogP contribution in [0.2, 0.25) is 0 Å². The van der Waals surface area contributed by atoms with E-state index in [2.05, 4.69) is 35.8 Å². The number of rotatable bonds is 7. The zero-order chi connectivity index (χ0) is 15.3. The summed E-state index contributed by atoms with van der Waals surface area (Å²) in [6.07, 6.45) is 6.34. The fraction of sp³-hybridized carbons (Fsp3) is 0.875. The van der Waals surface area contributed by atoms with Gasteiger partial charge in [-0.2, -0.15) is 4.98 Å². The monoisotopic (exact) mass is 294 g/mol. The second-order valence-electron chi connectivity index (χ2n) is 6.30. The normalized spacial score (nSPS) is 26.4. The highest BCUT2D eigenvalue weighted by Crippen LogP contribution is 2.37. The number of nitrogens with two attached hydrogens (primary N) is 1. The smallest absolute Gasteiger partial charge is 0.246 e. The number of aromatic nitrogens is 2. The molecule has 5 heteroatoms.